The van der Waals surface area contributed by atoms with Crippen molar-refractivity contribution >= 4 is 0 Å². The first-order valence-electron chi connectivity index (χ1n) is 10.5. The third kappa shape index (κ3) is 5.69. The van der Waals surface area contributed by atoms with E-state index in [0.717, 1.165) is 37.8 Å². The van der Waals surface area contributed by atoms with E-state index >= 15 is 0 Å². The second-order valence-corrected chi connectivity index (χ2v) is 8.49. The van der Waals surface area contributed by atoms with Gasteiger partial charge in [-0.25, -0.2) is 0 Å². The van der Waals surface area contributed by atoms with Crippen LogP contribution in [0.4, 0.5) is 0 Å². The highest BCUT2D eigenvalue weighted by Crippen LogP contribution is 2.47. The molecule has 0 aliphatic rings. The van der Waals surface area contributed by atoms with E-state index in [1.807, 2.05) is 18.3 Å². The molecule has 2 rings (SSSR count). The van der Waals surface area contributed by atoms with Crippen molar-refractivity contribution in [2.75, 3.05) is 19.8 Å². The van der Waals surface area contributed by atoms with Gasteiger partial charge in [-0.05, 0) is 48.8 Å². The van der Waals surface area contributed by atoms with Crippen molar-refractivity contribution in [1.29, 1.82) is 0 Å². The minimum absolute atomic E-state index is 0.0454. The van der Waals surface area contributed by atoms with Gasteiger partial charge >= 0.3 is 0 Å². The Morgan fingerprint density at radius 2 is 1.75 bits per heavy atom. The van der Waals surface area contributed by atoms with Crippen LogP contribution in [0.2, 0.25) is 0 Å². The summed E-state index contributed by atoms with van der Waals surface area (Å²) in [6.07, 6.45) is 6.23. The highest BCUT2D eigenvalue weighted by molar-refractivity contribution is 5.14. The number of aliphatic hydroxyl groups is 2. The van der Waals surface area contributed by atoms with Gasteiger partial charge in [0.1, 0.15) is 0 Å². The first kappa shape index (κ1) is 22.7. The van der Waals surface area contributed by atoms with Crippen molar-refractivity contribution < 1.29 is 14.9 Å². The molecule has 0 radical (unpaired) electrons. The molecule has 1 heterocycles. The molecule has 0 saturated carbocycles. The van der Waals surface area contributed by atoms with Gasteiger partial charge in [0, 0.05) is 30.5 Å². The molecule has 1 aromatic heterocycles. The average Bonchev–Trinajstić information content (AvgIpc) is 3.24. The van der Waals surface area contributed by atoms with Crippen molar-refractivity contribution in [2.45, 2.75) is 59.0 Å². The molecular weight excluding hydrogens is 350 g/mol. The molecule has 3 N–H and O–H groups in total. The molecule has 28 heavy (non-hydrogen) atoms. The number of H-pyrrole nitrogens is 1. The summed E-state index contributed by atoms with van der Waals surface area (Å²) in [5.41, 5.74) is 1.68. The zero-order valence-corrected chi connectivity index (χ0v) is 17.7. The molecule has 2 unspecified atom stereocenters. The molecule has 0 bridgehead atoms. The number of ether oxygens (including phenoxy) is 1. The minimum atomic E-state index is -0.345. The molecule has 0 aliphatic carbocycles. The van der Waals surface area contributed by atoms with Crippen LogP contribution in [0.1, 0.15) is 63.8 Å². The molecule has 4 heteroatoms. The fraction of sp³-hybridized carbons (Fsp3) is 0.583. The van der Waals surface area contributed by atoms with E-state index in [0.29, 0.717) is 6.61 Å². The van der Waals surface area contributed by atoms with Gasteiger partial charge in [-0.1, -0.05) is 57.5 Å². The van der Waals surface area contributed by atoms with Gasteiger partial charge < -0.3 is 19.9 Å². The van der Waals surface area contributed by atoms with Crippen LogP contribution in [0.3, 0.4) is 0 Å². The molecule has 2 atom stereocenters. The van der Waals surface area contributed by atoms with Crippen molar-refractivity contribution in [3.8, 4) is 0 Å². The number of nitrogens with one attached hydrogen (secondary N) is 1. The monoisotopic (exact) mass is 387 g/mol. The second kappa shape index (κ2) is 10.8. The Morgan fingerprint density at radius 1 is 1.00 bits per heavy atom. The summed E-state index contributed by atoms with van der Waals surface area (Å²) in [7, 11) is 0. The Labute approximate surface area is 170 Å². The van der Waals surface area contributed by atoms with E-state index in [1.54, 1.807) is 0 Å². The van der Waals surface area contributed by atoms with E-state index in [1.165, 1.54) is 5.56 Å². The average molecular weight is 388 g/mol. The summed E-state index contributed by atoms with van der Waals surface area (Å²) in [4.78, 5) is 3.29. The van der Waals surface area contributed by atoms with Gasteiger partial charge in [0.15, 0.2) is 0 Å². The van der Waals surface area contributed by atoms with Crippen molar-refractivity contribution in [1.82, 2.24) is 4.98 Å². The van der Waals surface area contributed by atoms with Crippen LogP contribution in [0.5, 0.6) is 0 Å². The van der Waals surface area contributed by atoms with Gasteiger partial charge in [0.25, 0.3) is 0 Å². The summed E-state index contributed by atoms with van der Waals surface area (Å²) >= 11 is 0. The quantitative estimate of drug-likeness (QED) is 0.458. The normalized spacial score (nSPS) is 15.3. The molecule has 1 aromatic carbocycles. The van der Waals surface area contributed by atoms with E-state index in [2.05, 4.69) is 56.1 Å². The van der Waals surface area contributed by atoms with E-state index < -0.39 is 0 Å². The summed E-state index contributed by atoms with van der Waals surface area (Å²) in [5, 5.41) is 20.2. The number of hydrogen-bond donors (Lipinski definition) is 3. The van der Waals surface area contributed by atoms with Crippen molar-refractivity contribution in [3.63, 3.8) is 0 Å². The fourth-order valence-electron chi connectivity index (χ4n) is 4.06. The molecule has 0 spiro atoms. The molecule has 0 saturated heterocycles. The number of rotatable bonds is 13. The number of aliphatic hydroxyl groups excluding tert-OH is 2. The van der Waals surface area contributed by atoms with Gasteiger partial charge in [0.05, 0.1) is 12.7 Å². The molecular formula is C24H37NO3. The summed E-state index contributed by atoms with van der Waals surface area (Å²) in [6.45, 7) is 7.04. The Hall–Kier alpha value is -1.62. The highest BCUT2D eigenvalue weighted by Gasteiger charge is 2.43. The highest BCUT2D eigenvalue weighted by atomic mass is 16.5. The Balaban J connectivity index is 2.06. The number of aromatic nitrogens is 1. The predicted octanol–water partition coefficient (Wildman–Crippen LogP) is 4.89. The van der Waals surface area contributed by atoms with Gasteiger partial charge in [-0.2, -0.15) is 0 Å². The van der Waals surface area contributed by atoms with Gasteiger partial charge in [-0.3, -0.25) is 0 Å². The largest absolute Gasteiger partial charge is 0.396 e. The third-order valence-electron chi connectivity index (χ3n) is 6.27. The zero-order chi connectivity index (χ0) is 20.5. The lowest BCUT2D eigenvalue weighted by atomic mass is 9.61. The van der Waals surface area contributed by atoms with Gasteiger partial charge in [-0.15, -0.1) is 0 Å². The summed E-state index contributed by atoms with van der Waals surface area (Å²) in [6, 6.07) is 14.4. The van der Waals surface area contributed by atoms with E-state index in [9.17, 15) is 10.2 Å². The van der Waals surface area contributed by atoms with E-state index in [-0.39, 0.29) is 30.1 Å². The number of hydrogen-bond acceptors (Lipinski definition) is 3. The third-order valence-corrected chi connectivity index (χ3v) is 6.27. The smallest absolute Gasteiger partial charge is 0.0972 e. The molecule has 0 aliphatic heterocycles. The summed E-state index contributed by atoms with van der Waals surface area (Å²) in [5.74, 6) is 0. The Bertz CT molecular complexity index is 654. The van der Waals surface area contributed by atoms with Crippen LogP contribution >= 0.6 is 0 Å². The number of aromatic amines is 1. The van der Waals surface area contributed by atoms with Crippen LogP contribution in [0.25, 0.3) is 0 Å². The predicted molar refractivity (Wildman–Crippen MR) is 114 cm³/mol. The second-order valence-electron chi connectivity index (χ2n) is 8.49. The Kier molecular flexibility index (Phi) is 8.74. The topological polar surface area (TPSA) is 65.5 Å². The van der Waals surface area contributed by atoms with Crippen LogP contribution < -0.4 is 0 Å². The van der Waals surface area contributed by atoms with Crippen molar-refractivity contribution in [2.24, 2.45) is 10.8 Å². The van der Waals surface area contributed by atoms with Crippen LogP contribution in [-0.2, 0) is 11.2 Å². The maximum atomic E-state index is 10.3. The molecule has 0 amide bonds. The maximum absolute atomic E-state index is 10.3. The zero-order valence-electron chi connectivity index (χ0n) is 17.7. The van der Waals surface area contributed by atoms with Crippen LogP contribution in [-0.4, -0.2) is 35.0 Å². The Morgan fingerprint density at radius 3 is 2.32 bits per heavy atom. The summed E-state index contributed by atoms with van der Waals surface area (Å²) < 4.78 is 6.28. The molecule has 2 aromatic rings. The first-order chi connectivity index (χ1) is 13.5. The lowest BCUT2D eigenvalue weighted by Crippen LogP contribution is -2.43. The first-order valence-corrected chi connectivity index (χ1v) is 10.5. The van der Waals surface area contributed by atoms with Gasteiger partial charge in [0.2, 0.25) is 0 Å². The lowest BCUT2D eigenvalue weighted by Gasteiger charge is -2.45. The van der Waals surface area contributed by atoms with E-state index in [4.69, 9.17) is 4.74 Å². The maximum Gasteiger partial charge on any atom is 0.0972 e. The molecule has 156 valence electrons. The van der Waals surface area contributed by atoms with Crippen LogP contribution in [0.15, 0.2) is 48.7 Å². The molecule has 4 nitrogen and oxygen atoms in total. The van der Waals surface area contributed by atoms with Crippen molar-refractivity contribution in [3.05, 3.63) is 59.9 Å². The minimum Gasteiger partial charge on any atom is -0.396 e. The standard InChI is InChI=1S/C24H37NO3/c1-4-14-24(19-27,23(2,3)18-26)15-12-22(21-11-8-16-25-21)28-17-13-20-9-6-5-7-10-20/h5-11,16,22,25-27H,4,12-15,17-19H2,1-3H3. The fourth-order valence-corrected chi connectivity index (χ4v) is 4.06. The lowest BCUT2D eigenvalue weighted by molar-refractivity contribution is -0.0589. The SMILES string of the molecule is CCCC(CO)(CCC(OCCc1ccccc1)c1ccc[nH]1)C(C)(C)CO. The van der Waals surface area contributed by atoms with Crippen LogP contribution in [0, 0.1) is 10.8 Å². The number of benzene rings is 1. The molecule has 0 fully saturated rings.